The van der Waals surface area contributed by atoms with Crippen molar-refractivity contribution in [3.05, 3.63) is 94.3 Å². The first-order chi connectivity index (χ1) is 18.5. The van der Waals surface area contributed by atoms with Crippen LogP contribution in [-0.4, -0.2) is 51.0 Å². The summed E-state index contributed by atoms with van der Waals surface area (Å²) in [5.74, 6) is -1.30. The maximum atomic E-state index is 14.5. The molecule has 1 saturated heterocycles. The van der Waals surface area contributed by atoms with Crippen molar-refractivity contribution in [3.63, 3.8) is 0 Å². The number of carbonyl (C=O) groups is 1. The van der Waals surface area contributed by atoms with Gasteiger partial charge in [0.05, 0.1) is 16.3 Å². The molecule has 1 heterocycles. The normalized spacial score (nSPS) is 14.6. The van der Waals surface area contributed by atoms with Gasteiger partial charge in [-0.05, 0) is 61.7 Å². The molecule has 0 aromatic heterocycles. The summed E-state index contributed by atoms with van der Waals surface area (Å²) >= 11 is 6.15. The molecule has 0 spiro atoms. The molecule has 4 rings (SSSR count). The lowest BCUT2D eigenvalue weighted by molar-refractivity contribution is -0.121. The topological polar surface area (TPSA) is 104 Å². The zero-order chi connectivity index (χ0) is 28.2. The molecule has 0 bridgehead atoms. The van der Waals surface area contributed by atoms with E-state index in [9.17, 15) is 26.0 Å². The highest BCUT2D eigenvalue weighted by molar-refractivity contribution is 7.89. The van der Waals surface area contributed by atoms with Crippen molar-refractivity contribution in [3.8, 4) is 0 Å². The van der Waals surface area contributed by atoms with Crippen LogP contribution in [0.4, 0.5) is 4.39 Å². The van der Waals surface area contributed by atoms with Gasteiger partial charge < -0.3 is 5.32 Å². The number of aryl methyl sites for hydroxylation is 1. The van der Waals surface area contributed by atoms with Crippen LogP contribution in [0.25, 0.3) is 0 Å². The molecular weight excluding hydrogens is 565 g/mol. The van der Waals surface area contributed by atoms with Gasteiger partial charge in [0.2, 0.25) is 26.0 Å². The summed E-state index contributed by atoms with van der Waals surface area (Å²) in [5, 5.41) is 2.70. The van der Waals surface area contributed by atoms with Crippen molar-refractivity contribution in [2.45, 2.75) is 42.6 Å². The third-order valence-electron chi connectivity index (χ3n) is 6.49. The Morgan fingerprint density at radius 3 is 2.18 bits per heavy atom. The van der Waals surface area contributed by atoms with E-state index in [4.69, 9.17) is 11.6 Å². The highest BCUT2D eigenvalue weighted by atomic mass is 35.5. The van der Waals surface area contributed by atoms with Crippen molar-refractivity contribution in [1.82, 2.24) is 13.9 Å². The molecule has 1 fully saturated rings. The van der Waals surface area contributed by atoms with E-state index in [1.807, 2.05) is 6.92 Å². The molecule has 0 radical (unpaired) electrons. The van der Waals surface area contributed by atoms with E-state index in [1.165, 1.54) is 46.8 Å². The van der Waals surface area contributed by atoms with Crippen molar-refractivity contribution >= 4 is 37.6 Å². The summed E-state index contributed by atoms with van der Waals surface area (Å²) in [6.07, 6.45) is 1.67. The Hall–Kier alpha value is -2.83. The van der Waals surface area contributed by atoms with Gasteiger partial charge in [0.25, 0.3) is 0 Å². The van der Waals surface area contributed by atoms with Crippen LogP contribution in [-0.2, 0) is 37.9 Å². The molecule has 1 N–H and O–H groups in total. The number of halogens is 2. The summed E-state index contributed by atoms with van der Waals surface area (Å²) in [7, 11) is -7.74. The van der Waals surface area contributed by atoms with E-state index in [0.29, 0.717) is 18.7 Å². The molecule has 3 aromatic rings. The number of sulfonamides is 2. The molecule has 0 aliphatic carbocycles. The first-order valence-corrected chi connectivity index (χ1v) is 15.6. The van der Waals surface area contributed by atoms with E-state index >= 15 is 0 Å². The lowest BCUT2D eigenvalue weighted by Crippen LogP contribution is -2.40. The van der Waals surface area contributed by atoms with Crippen LogP contribution in [0.2, 0.25) is 5.02 Å². The van der Waals surface area contributed by atoms with Crippen molar-refractivity contribution in [2.24, 2.45) is 0 Å². The molecule has 1 aliphatic heterocycles. The quantitative estimate of drug-likeness (QED) is 0.381. The Labute approximate surface area is 233 Å². The van der Waals surface area contributed by atoms with Crippen LogP contribution in [0.1, 0.15) is 29.5 Å². The average Bonchev–Trinajstić information content (AvgIpc) is 3.46. The number of benzene rings is 3. The number of hydrogen-bond acceptors (Lipinski definition) is 5. The van der Waals surface area contributed by atoms with Crippen molar-refractivity contribution in [1.29, 1.82) is 0 Å². The zero-order valence-corrected chi connectivity index (χ0v) is 23.7. The third kappa shape index (κ3) is 6.85. The van der Waals surface area contributed by atoms with E-state index in [1.54, 1.807) is 24.3 Å². The number of rotatable bonds is 10. The Morgan fingerprint density at radius 2 is 1.56 bits per heavy atom. The van der Waals surface area contributed by atoms with Crippen LogP contribution in [0.3, 0.4) is 0 Å². The molecule has 208 valence electrons. The lowest BCUT2D eigenvalue weighted by atomic mass is 10.2. The van der Waals surface area contributed by atoms with Gasteiger partial charge in [-0.1, -0.05) is 47.5 Å². The molecule has 0 atom stereocenters. The molecular formula is C27H29ClFN3O5S2. The molecule has 12 heteroatoms. The van der Waals surface area contributed by atoms with Gasteiger partial charge in [-0.25, -0.2) is 21.2 Å². The Balaban J connectivity index is 1.49. The number of amides is 1. The summed E-state index contributed by atoms with van der Waals surface area (Å²) < 4.78 is 69.2. The predicted molar refractivity (Wildman–Crippen MR) is 146 cm³/mol. The molecule has 8 nitrogen and oxygen atoms in total. The second-order valence-corrected chi connectivity index (χ2v) is 13.6. The van der Waals surface area contributed by atoms with E-state index in [2.05, 4.69) is 5.32 Å². The molecule has 39 heavy (non-hydrogen) atoms. The van der Waals surface area contributed by atoms with E-state index < -0.39 is 44.9 Å². The highest BCUT2D eigenvalue weighted by Crippen LogP contribution is 2.25. The predicted octanol–water partition coefficient (Wildman–Crippen LogP) is 4.08. The highest BCUT2D eigenvalue weighted by Gasteiger charge is 2.29. The van der Waals surface area contributed by atoms with Gasteiger partial charge in [-0.2, -0.15) is 8.61 Å². The first kappa shape index (κ1) is 29.2. The van der Waals surface area contributed by atoms with E-state index in [0.717, 1.165) is 22.7 Å². The lowest BCUT2D eigenvalue weighted by Gasteiger charge is -2.23. The maximum Gasteiger partial charge on any atom is 0.243 e. The minimum absolute atomic E-state index is 0.0387. The summed E-state index contributed by atoms with van der Waals surface area (Å²) in [5.41, 5.74) is 1.45. The summed E-state index contributed by atoms with van der Waals surface area (Å²) in [6.45, 7) is 1.83. The van der Waals surface area contributed by atoms with Gasteiger partial charge in [0.15, 0.2) is 0 Å². The van der Waals surface area contributed by atoms with Gasteiger partial charge in [-0.15, -0.1) is 0 Å². The Kier molecular flexibility index (Phi) is 9.07. The van der Waals surface area contributed by atoms with Crippen LogP contribution < -0.4 is 5.32 Å². The molecule has 1 aliphatic rings. The Bertz CT molecular complexity index is 1520. The van der Waals surface area contributed by atoms with Crippen LogP contribution >= 0.6 is 11.6 Å². The number of nitrogens with one attached hydrogen (secondary N) is 1. The second-order valence-electron chi connectivity index (χ2n) is 9.32. The molecule has 1 amide bonds. The van der Waals surface area contributed by atoms with Gasteiger partial charge in [0, 0.05) is 36.8 Å². The van der Waals surface area contributed by atoms with E-state index in [-0.39, 0.29) is 26.9 Å². The zero-order valence-electron chi connectivity index (χ0n) is 21.3. The minimum Gasteiger partial charge on any atom is -0.351 e. The van der Waals surface area contributed by atoms with Gasteiger partial charge in [0.1, 0.15) is 5.82 Å². The number of carbonyl (C=O) groups excluding carboxylic acids is 1. The third-order valence-corrected chi connectivity index (χ3v) is 10.6. The largest absolute Gasteiger partial charge is 0.351 e. The Morgan fingerprint density at radius 1 is 0.949 bits per heavy atom. The smallest absolute Gasteiger partial charge is 0.243 e. The fourth-order valence-electron chi connectivity index (χ4n) is 4.22. The summed E-state index contributed by atoms with van der Waals surface area (Å²) in [4.78, 5) is 13.0. The summed E-state index contributed by atoms with van der Waals surface area (Å²) in [6, 6.07) is 16.3. The molecule has 3 aromatic carbocycles. The standard InChI is InChI=1S/C27H29ClFN3O5S2/c1-20-7-11-22(12-8-20)39(36,37)32(18-24-25(28)5-4-6-26(24)29)19-27(33)30-17-21-9-13-23(14-10-21)38(34,35)31-15-2-3-16-31/h4-14H,2-3,15-19H2,1H3,(H,30,33). The second kappa shape index (κ2) is 12.1. The molecule has 0 unspecified atom stereocenters. The number of hydrogen-bond donors (Lipinski definition) is 1. The van der Waals surface area contributed by atoms with Crippen molar-refractivity contribution < 1.29 is 26.0 Å². The van der Waals surface area contributed by atoms with Gasteiger partial charge in [-0.3, -0.25) is 4.79 Å². The van der Waals surface area contributed by atoms with Gasteiger partial charge >= 0.3 is 0 Å². The fourth-order valence-corrected chi connectivity index (χ4v) is 7.32. The van der Waals surface area contributed by atoms with Crippen molar-refractivity contribution in [2.75, 3.05) is 19.6 Å². The average molecular weight is 594 g/mol. The van der Waals surface area contributed by atoms with Crippen LogP contribution in [0, 0.1) is 12.7 Å². The monoisotopic (exact) mass is 593 g/mol. The maximum absolute atomic E-state index is 14.5. The minimum atomic E-state index is -4.18. The SMILES string of the molecule is Cc1ccc(S(=O)(=O)N(CC(=O)NCc2ccc(S(=O)(=O)N3CCCC3)cc2)Cc2c(F)cccc2Cl)cc1. The first-order valence-electron chi connectivity index (χ1n) is 12.3. The van der Waals surface area contributed by atoms with Crippen LogP contribution in [0.15, 0.2) is 76.5 Å². The fraction of sp³-hybridized carbons (Fsp3) is 0.296. The molecule has 0 saturated carbocycles. The number of nitrogens with zero attached hydrogens (tertiary/aromatic N) is 2. The van der Waals surface area contributed by atoms with Crippen LogP contribution in [0.5, 0.6) is 0 Å².